The number of hydrogen-bond donors (Lipinski definition) is 0. The zero-order valence-electron chi connectivity index (χ0n) is 18.3. The molecule has 3 aromatic rings. The highest BCUT2D eigenvalue weighted by atomic mass is 28.3. The second kappa shape index (κ2) is 9.70. The summed E-state index contributed by atoms with van der Waals surface area (Å²) in [7, 11) is -2.76. The van der Waals surface area contributed by atoms with Gasteiger partial charge in [0.05, 0.1) is 17.4 Å². The van der Waals surface area contributed by atoms with Crippen LogP contribution in [-0.4, -0.2) is 24.9 Å². The van der Waals surface area contributed by atoms with E-state index in [0.717, 1.165) is 17.3 Å². The van der Waals surface area contributed by atoms with E-state index >= 15 is 0 Å². The van der Waals surface area contributed by atoms with Gasteiger partial charge in [0.15, 0.2) is 8.07 Å². The third kappa shape index (κ3) is 5.57. The number of benzene rings is 3. The maximum absolute atomic E-state index is 14.0. The molecule has 0 fully saturated rings. The molecular weight excluding hydrogens is 447 g/mol. The highest BCUT2D eigenvalue weighted by molar-refractivity contribution is 7.13. The zero-order chi connectivity index (χ0) is 24.2. The molecule has 0 bridgehead atoms. The molecule has 0 saturated heterocycles. The van der Waals surface area contributed by atoms with Crippen molar-refractivity contribution in [2.75, 3.05) is 6.54 Å². The number of nitro groups is 1. The van der Waals surface area contributed by atoms with Crippen molar-refractivity contribution in [1.82, 2.24) is 0 Å². The molecule has 0 aliphatic rings. The maximum atomic E-state index is 14.0. The molecule has 0 aromatic heterocycles. The van der Waals surface area contributed by atoms with Crippen LogP contribution in [0.3, 0.4) is 0 Å². The van der Waals surface area contributed by atoms with Gasteiger partial charge in [-0.2, -0.15) is 13.2 Å². The summed E-state index contributed by atoms with van der Waals surface area (Å²) in [6.45, 7) is 3.23. The molecule has 0 radical (unpaired) electrons. The molecule has 0 aliphatic carbocycles. The Morgan fingerprint density at radius 1 is 0.879 bits per heavy atom. The third-order valence-electron chi connectivity index (χ3n) is 5.97. The minimum absolute atomic E-state index is 0.105. The van der Waals surface area contributed by atoms with Crippen molar-refractivity contribution in [2.24, 2.45) is 0 Å². The number of carbonyl (C=O) groups is 1. The van der Waals surface area contributed by atoms with Gasteiger partial charge in [-0.3, -0.25) is 10.1 Å². The topological polar surface area (TPSA) is 60.2 Å². The highest BCUT2D eigenvalue weighted by Crippen LogP contribution is 2.38. The summed E-state index contributed by atoms with van der Waals surface area (Å²) >= 11 is 0. The molecule has 0 amide bonds. The number of carbonyl (C=O) groups excluding carboxylic acids is 1. The Morgan fingerprint density at radius 2 is 1.39 bits per heavy atom. The van der Waals surface area contributed by atoms with Gasteiger partial charge in [0.2, 0.25) is 6.54 Å². The van der Waals surface area contributed by atoms with Crippen LogP contribution in [0.5, 0.6) is 0 Å². The van der Waals surface area contributed by atoms with Gasteiger partial charge in [-0.25, -0.2) is 0 Å². The van der Waals surface area contributed by atoms with Gasteiger partial charge < -0.3 is 4.79 Å². The lowest BCUT2D eigenvalue weighted by Gasteiger charge is -2.31. The van der Waals surface area contributed by atoms with Crippen LogP contribution < -0.4 is 5.19 Å². The standard InChI is InChI=1S/C25H24F3NO3Si/c1-33(2,21-11-7-4-8-12-21)24(30)23(19-9-5-3-6-10-19)22(17-29(31)32)18-13-15-20(16-14-18)25(26,27)28/h3-16,22-23H,17H2,1-2H3/t22-,23+/m0/s1. The molecule has 4 nitrogen and oxygen atoms in total. The summed E-state index contributed by atoms with van der Waals surface area (Å²) in [6.07, 6.45) is -4.52. The van der Waals surface area contributed by atoms with Gasteiger partial charge in [-0.1, -0.05) is 91.1 Å². The van der Waals surface area contributed by atoms with Gasteiger partial charge in [-0.15, -0.1) is 0 Å². The Hall–Kier alpha value is -3.26. The Morgan fingerprint density at radius 3 is 1.88 bits per heavy atom. The smallest absolute Gasteiger partial charge is 0.304 e. The van der Waals surface area contributed by atoms with E-state index in [-0.39, 0.29) is 5.41 Å². The number of hydrogen-bond acceptors (Lipinski definition) is 3. The van der Waals surface area contributed by atoms with Crippen molar-refractivity contribution in [1.29, 1.82) is 0 Å². The molecule has 3 aromatic carbocycles. The van der Waals surface area contributed by atoms with E-state index < -0.39 is 43.1 Å². The predicted molar refractivity (Wildman–Crippen MR) is 124 cm³/mol. The fourth-order valence-electron chi connectivity index (χ4n) is 4.10. The second-order valence-corrected chi connectivity index (χ2v) is 12.8. The van der Waals surface area contributed by atoms with E-state index in [1.165, 1.54) is 12.1 Å². The van der Waals surface area contributed by atoms with Crippen LogP contribution in [-0.2, 0) is 11.0 Å². The Labute approximate surface area is 191 Å². The van der Waals surface area contributed by atoms with Crippen LogP contribution in [0, 0.1) is 10.1 Å². The highest BCUT2D eigenvalue weighted by Gasteiger charge is 2.43. The molecule has 0 heterocycles. The number of rotatable bonds is 8. The Kier molecular flexibility index (Phi) is 7.17. The number of alkyl halides is 3. The molecule has 33 heavy (non-hydrogen) atoms. The van der Waals surface area contributed by atoms with Crippen LogP contribution in [0.1, 0.15) is 28.5 Å². The van der Waals surface area contributed by atoms with E-state index in [1.807, 2.05) is 43.4 Å². The lowest BCUT2D eigenvalue weighted by Crippen LogP contribution is -2.53. The van der Waals surface area contributed by atoms with Crippen molar-refractivity contribution >= 4 is 18.7 Å². The molecule has 3 rings (SSSR count). The van der Waals surface area contributed by atoms with E-state index in [1.54, 1.807) is 30.3 Å². The van der Waals surface area contributed by atoms with Crippen LogP contribution in [0.15, 0.2) is 84.9 Å². The summed E-state index contributed by atoms with van der Waals surface area (Å²) in [5, 5.41) is 12.4. The largest absolute Gasteiger partial charge is 0.416 e. The SMILES string of the molecule is C[Si](C)(C(=O)[C@H](c1ccccc1)[C@@H](C[N+](=O)[O-])c1ccc(C(F)(F)F)cc1)c1ccccc1. The first kappa shape index (κ1) is 24.4. The third-order valence-corrected chi connectivity index (χ3v) is 9.29. The van der Waals surface area contributed by atoms with Gasteiger partial charge in [0, 0.05) is 4.92 Å². The summed E-state index contributed by atoms with van der Waals surface area (Å²) in [6, 6.07) is 22.4. The normalized spacial score (nSPS) is 13.8. The lowest BCUT2D eigenvalue weighted by molar-refractivity contribution is -0.483. The summed E-state index contributed by atoms with van der Waals surface area (Å²) in [4.78, 5) is 25.1. The van der Waals surface area contributed by atoms with Crippen molar-refractivity contribution < 1.29 is 22.9 Å². The first-order chi connectivity index (χ1) is 15.5. The summed E-state index contributed by atoms with van der Waals surface area (Å²) in [5.74, 6) is -1.78. The van der Waals surface area contributed by atoms with Gasteiger partial charge in [-0.05, 0) is 23.3 Å². The molecule has 0 saturated carbocycles. The second-order valence-electron chi connectivity index (χ2n) is 8.49. The van der Waals surface area contributed by atoms with Crippen molar-refractivity contribution in [3.05, 3.63) is 112 Å². The van der Waals surface area contributed by atoms with Crippen LogP contribution >= 0.6 is 0 Å². The van der Waals surface area contributed by atoms with Crippen LogP contribution in [0.25, 0.3) is 0 Å². The molecule has 0 aliphatic heterocycles. The van der Waals surface area contributed by atoms with Gasteiger partial charge >= 0.3 is 6.18 Å². The molecule has 0 unspecified atom stereocenters. The molecule has 8 heteroatoms. The minimum atomic E-state index is -4.52. The van der Waals surface area contributed by atoms with Crippen molar-refractivity contribution in [3.63, 3.8) is 0 Å². The predicted octanol–water partition coefficient (Wildman–Crippen LogP) is 5.57. The Bertz CT molecular complexity index is 1100. The number of halogens is 3. The summed E-state index contributed by atoms with van der Waals surface area (Å²) < 4.78 is 39.2. The van der Waals surface area contributed by atoms with E-state index in [2.05, 4.69) is 0 Å². The van der Waals surface area contributed by atoms with Crippen molar-refractivity contribution in [2.45, 2.75) is 31.1 Å². The monoisotopic (exact) mass is 471 g/mol. The van der Waals surface area contributed by atoms with Gasteiger partial charge in [0.25, 0.3) is 0 Å². The van der Waals surface area contributed by atoms with E-state index in [9.17, 15) is 28.1 Å². The fraction of sp³-hybridized carbons (Fsp3) is 0.240. The lowest BCUT2D eigenvalue weighted by atomic mass is 9.81. The molecular formula is C25H24F3NO3Si. The fourth-order valence-corrected chi connectivity index (χ4v) is 6.55. The molecule has 2 atom stereocenters. The average Bonchev–Trinajstić information content (AvgIpc) is 2.79. The van der Waals surface area contributed by atoms with Crippen LogP contribution in [0.4, 0.5) is 13.2 Å². The van der Waals surface area contributed by atoms with E-state index in [0.29, 0.717) is 11.1 Å². The molecule has 0 N–H and O–H groups in total. The zero-order valence-corrected chi connectivity index (χ0v) is 19.3. The maximum Gasteiger partial charge on any atom is 0.416 e. The quantitative estimate of drug-likeness (QED) is 0.245. The first-order valence-corrected chi connectivity index (χ1v) is 13.5. The minimum Gasteiger partial charge on any atom is -0.304 e. The summed E-state index contributed by atoms with van der Waals surface area (Å²) in [5.41, 5.74) is 0.109. The Balaban J connectivity index is 2.14. The van der Waals surface area contributed by atoms with E-state index in [4.69, 9.17) is 0 Å². The van der Waals surface area contributed by atoms with Crippen molar-refractivity contribution in [3.8, 4) is 0 Å². The number of nitrogens with zero attached hydrogens (tertiary/aromatic N) is 1. The average molecular weight is 472 g/mol. The molecule has 0 spiro atoms. The molecule has 172 valence electrons. The van der Waals surface area contributed by atoms with Gasteiger partial charge in [0.1, 0.15) is 5.41 Å². The first-order valence-electron chi connectivity index (χ1n) is 10.5. The van der Waals surface area contributed by atoms with Crippen LogP contribution in [0.2, 0.25) is 13.1 Å².